The molecule has 2 aromatic carbocycles. The molecule has 0 atom stereocenters. The Morgan fingerprint density at radius 2 is 1.93 bits per heavy atom. The van der Waals surface area contributed by atoms with Crippen molar-refractivity contribution in [3.8, 4) is 5.75 Å². The molecule has 3 aromatic rings. The highest BCUT2D eigenvalue weighted by Gasteiger charge is 2.24. The van der Waals surface area contributed by atoms with E-state index in [0.29, 0.717) is 23.3 Å². The second kappa shape index (κ2) is 7.41. The van der Waals surface area contributed by atoms with Crippen LogP contribution in [0.15, 0.2) is 57.7 Å². The maximum absolute atomic E-state index is 13.0. The molecule has 4 heteroatoms. The first-order valence-electron chi connectivity index (χ1n) is 9.25. The van der Waals surface area contributed by atoms with Crippen molar-refractivity contribution in [3.63, 3.8) is 0 Å². The van der Waals surface area contributed by atoms with Crippen LogP contribution in [0.1, 0.15) is 23.3 Å². The molecule has 138 valence electrons. The van der Waals surface area contributed by atoms with Crippen LogP contribution >= 0.6 is 0 Å². The summed E-state index contributed by atoms with van der Waals surface area (Å²) in [5.74, 6) is 1.44. The topological polar surface area (TPSA) is 42.7 Å². The van der Waals surface area contributed by atoms with Crippen LogP contribution in [-0.4, -0.2) is 32.1 Å². The number of likely N-dealkylation sites (N-methyl/N-ethyl adjacent to an activating group) is 1. The molecule has 0 unspecified atom stereocenters. The third-order valence-corrected chi connectivity index (χ3v) is 4.84. The summed E-state index contributed by atoms with van der Waals surface area (Å²) in [5, 5.41) is 0.595. The number of hydrogen-bond donors (Lipinski definition) is 0. The molecule has 1 aromatic heterocycles. The summed E-state index contributed by atoms with van der Waals surface area (Å²) in [5.41, 5.74) is 3.64. The molecule has 4 nitrogen and oxygen atoms in total. The maximum atomic E-state index is 13.0. The molecule has 0 spiro atoms. The van der Waals surface area contributed by atoms with Gasteiger partial charge in [-0.25, -0.2) is 0 Å². The Bertz CT molecular complexity index is 1050. The Labute approximate surface area is 158 Å². The van der Waals surface area contributed by atoms with Crippen molar-refractivity contribution < 1.29 is 9.15 Å². The number of ether oxygens (including phenoxy) is 1. The fraction of sp³-hybridized carbons (Fsp3) is 0.261. The molecule has 0 N–H and O–H groups in total. The van der Waals surface area contributed by atoms with Crippen LogP contribution in [0, 0.1) is 0 Å². The fourth-order valence-corrected chi connectivity index (χ4v) is 3.40. The van der Waals surface area contributed by atoms with Gasteiger partial charge in [-0.1, -0.05) is 30.3 Å². The lowest BCUT2D eigenvalue weighted by atomic mass is 10.1. The van der Waals surface area contributed by atoms with Crippen molar-refractivity contribution in [2.24, 2.45) is 0 Å². The van der Waals surface area contributed by atoms with E-state index in [4.69, 9.17) is 9.15 Å². The summed E-state index contributed by atoms with van der Waals surface area (Å²) in [7, 11) is 4.00. The lowest BCUT2D eigenvalue weighted by Gasteiger charge is -2.11. The standard InChI is InChI=1S/C23H23NO3/c1-24(2)12-13-26-18-9-11-21-20(15-18)22(25)19-10-8-17(23(19)27-21)14-16-6-4-3-5-7-16/h3-7,9,11,14-15H,8,10,12-13H2,1-2H3/b17-14+. The van der Waals surface area contributed by atoms with Gasteiger partial charge in [-0.05, 0) is 62.3 Å². The molecular formula is C23H23NO3. The third kappa shape index (κ3) is 3.67. The number of hydrogen-bond acceptors (Lipinski definition) is 4. The van der Waals surface area contributed by atoms with Crippen LogP contribution in [0.4, 0.5) is 0 Å². The van der Waals surface area contributed by atoms with Gasteiger partial charge >= 0.3 is 0 Å². The first kappa shape index (κ1) is 17.6. The van der Waals surface area contributed by atoms with Gasteiger partial charge in [0.1, 0.15) is 23.7 Å². The van der Waals surface area contributed by atoms with Gasteiger partial charge in [-0.2, -0.15) is 0 Å². The van der Waals surface area contributed by atoms with E-state index < -0.39 is 0 Å². The number of fused-ring (bicyclic) bond motifs is 2. The molecule has 1 aliphatic carbocycles. The minimum atomic E-state index is 0.0563. The summed E-state index contributed by atoms with van der Waals surface area (Å²) >= 11 is 0. The van der Waals surface area contributed by atoms with E-state index in [1.807, 2.05) is 44.4 Å². The van der Waals surface area contributed by atoms with E-state index in [9.17, 15) is 4.79 Å². The fourth-order valence-electron chi connectivity index (χ4n) is 3.40. The number of allylic oxidation sites excluding steroid dienone is 1. The predicted molar refractivity (Wildman–Crippen MR) is 109 cm³/mol. The first-order valence-corrected chi connectivity index (χ1v) is 9.25. The molecule has 0 saturated heterocycles. The first-order chi connectivity index (χ1) is 13.1. The molecule has 0 bridgehead atoms. The molecule has 0 radical (unpaired) electrons. The van der Waals surface area contributed by atoms with Crippen LogP contribution < -0.4 is 10.2 Å². The number of rotatable bonds is 5. The van der Waals surface area contributed by atoms with Crippen molar-refractivity contribution in [2.75, 3.05) is 27.2 Å². The van der Waals surface area contributed by atoms with Crippen molar-refractivity contribution in [1.29, 1.82) is 0 Å². The molecule has 0 aliphatic heterocycles. The number of nitrogens with zero attached hydrogens (tertiary/aromatic N) is 1. The van der Waals surface area contributed by atoms with Crippen LogP contribution in [0.25, 0.3) is 22.6 Å². The molecule has 1 aliphatic rings. The van der Waals surface area contributed by atoms with Gasteiger partial charge in [0, 0.05) is 12.1 Å². The van der Waals surface area contributed by atoms with Gasteiger partial charge in [0.2, 0.25) is 0 Å². The van der Waals surface area contributed by atoms with Crippen molar-refractivity contribution in [1.82, 2.24) is 4.90 Å². The van der Waals surface area contributed by atoms with Crippen LogP contribution in [0.5, 0.6) is 5.75 Å². The Balaban J connectivity index is 1.69. The molecule has 27 heavy (non-hydrogen) atoms. The lowest BCUT2D eigenvalue weighted by Crippen LogP contribution is -2.19. The normalized spacial score (nSPS) is 14.9. The number of benzene rings is 2. The molecule has 1 heterocycles. The Morgan fingerprint density at radius 3 is 2.70 bits per heavy atom. The summed E-state index contributed by atoms with van der Waals surface area (Å²) < 4.78 is 11.9. The van der Waals surface area contributed by atoms with Crippen LogP contribution in [0.2, 0.25) is 0 Å². The Morgan fingerprint density at radius 1 is 1.11 bits per heavy atom. The van der Waals surface area contributed by atoms with Crippen molar-refractivity contribution >= 4 is 22.6 Å². The zero-order chi connectivity index (χ0) is 18.8. The van der Waals surface area contributed by atoms with E-state index in [1.54, 1.807) is 6.07 Å². The second-order valence-corrected chi connectivity index (χ2v) is 7.13. The Kier molecular flexibility index (Phi) is 4.82. The van der Waals surface area contributed by atoms with Gasteiger partial charge in [-0.3, -0.25) is 4.79 Å². The van der Waals surface area contributed by atoms with E-state index in [2.05, 4.69) is 23.1 Å². The monoisotopic (exact) mass is 361 g/mol. The molecular weight excluding hydrogens is 338 g/mol. The van der Waals surface area contributed by atoms with Crippen LogP contribution in [-0.2, 0) is 6.42 Å². The lowest BCUT2D eigenvalue weighted by molar-refractivity contribution is 0.261. The quantitative estimate of drug-likeness (QED) is 0.682. The van der Waals surface area contributed by atoms with Crippen molar-refractivity contribution in [3.05, 3.63) is 75.6 Å². The summed E-state index contributed by atoms with van der Waals surface area (Å²) in [6.45, 7) is 1.41. The van der Waals surface area contributed by atoms with Crippen molar-refractivity contribution in [2.45, 2.75) is 12.8 Å². The minimum absolute atomic E-state index is 0.0563. The minimum Gasteiger partial charge on any atom is -0.492 e. The zero-order valence-corrected chi connectivity index (χ0v) is 15.7. The zero-order valence-electron chi connectivity index (χ0n) is 15.7. The third-order valence-electron chi connectivity index (χ3n) is 4.84. The summed E-state index contributed by atoms with van der Waals surface area (Å²) in [6.07, 6.45) is 3.66. The highest BCUT2D eigenvalue weighted by molar-refractivity contribution is 5.87. The molecule has 4 rings (SSSR count). The highest BCUT2D eigenvalue weighted by Crippen LogP contribution is 2.34. The smallest absolute Gasteiger partial charge is 0.196 e. The molecule has 0 amide bonds. The largest absolute Gasteiger partial charge is 0.492 e. The van der Waals surface area contributed by atoms with Gasteiger partial charge in [0.25, 0.3) is 0 Å². The average molecular weight is 361 g/mol. The summed E-state index contributed by atoms with van der Waals surface area (Å²) in [4.78, 5) is 15.1. The van der Waals surface area contributed by atoms with E-state index in [0.717, 1.165) is 41.8 Å². The van der Waals surface area contributed by atoms with E-state index in [1.165, 1.54) is 0 Å². The van der Waals surface area contributed by atoms with Gasteiger partial charge in [-0.15, -0.1) is 0 Å². The van der Waals surface area contributed by atoms with E-state index in [-0.39, 0.29) is 5.43 Å². The highest BCUT2D eigenvalue weighted by atomic mass is 16.5. The van der Waals surface area contributed by atoms with E-state index >= 15 is 0 Å². The second-order valence-electron chi connectivity index (χ2n) is 7.13. The predicted octanol–water partition coefficient (Wildman–Crippen LogP) is 4.22. The SMILES string of the molecule is CN(C)CCOc1ccc2oc3c(c(=O)c2c1)CC/C3=C\c1ccccc1. The van der Waals surface area contributed by atoms with Gasteiger partial charge in [0.05, 0.1) is 5.39 Å². The Hall–Kier alpha value is -2.85. The maximum Gasteiger partial charge on any atom is 0.196 e. The van der Waals surface area contributed by atoms with Crippen LogP contribution in [0.3, 0.4) is 0 Å². The molecule has 0 saturated carbocycles. The average Bonchev–Trinajstić information content (AvgIpc) is 3.06. The van der Waals surface area contributed by atoms with Gasteiger partial charge < -0.3 is 14.1 Å². The molecule has 0 fully saturated rings. The summed E-state index contributed by atoms with van der Waals surface area (Å²) in [6, 6.07) is 15.6. The van der Waals surface area contributed by atoms with Gasteiger partial charge in [0.15, 0.2) is 5.43 Å².